The molecule has 78 valence electrons. The van der Waals surface area contributed by atoms with Crippen molar-refractivity contribution in [2.24, 2.45) is 5.73 Å². The molecule has 2 aromatic rings. The smallest absolute Gasteiger partial charge is 0.130 e. The van der Waals surface area contributed by atoms with Gasteiger partial charge in [-0.25, -0.2) is 0 Å². The number of rotatable bonds is 2. The van der Waals surface area contributed by atoms with Gasteiger partial charge in [0, 0.05) is 23.7 Å². The average Bonchev–Trinajstić information content (AvgIpc) is 2.27. The topological polar surface area (TPSA) is 48.1 Å². The SMILES string of the molecule is COc1cc(C)nc2c(CN)cccc12. The van der Waals surface area contributed by atoms with Gasteiger partial charge in [-0.15, -0.1) is 0 Å². The predicted molar refractivity (Wildman–Crippen MR) is 60.9 cm³/mol. The largest absolute Gasteiger partial charge is 0.496 e. The molecule has 1 heterocycles. The summed E-state index contributed by atoms with van der Waals surface area (Å²) < 4.78 is 5.33. The summed E-state index contributed by atoms with van der Waals surface area (Å²) in [6.45, 7) is 2.45. The number of benzene rings is 1. The van der Waals surface area contributed by atoms with Crippen molar-refractivity contribution in [3.63, 3.8) is 0 Å². The fourth-order valence-electron chi connectivity index (χ4n) is 1.73. The lowest BCUT2D eigenvalue weighted by atomic mass is 10.1. The molecule has 2 N–H and O–H groups in total. The van der Waals surface area contributed by atoms with Gasteiger partial charge in [-0.1, -0.05) is 12.1 Å². The maximum atomic E-state index is 5.68. The van der Waals surface area contributed by atoms with Crippen molar-refractivity contribution in [3.8, 4) is 5.75 Å². The minimum atomic E-state index is 0.497. The first kappa shape index (κ1) is 9.93. The Labute approximate surface area is 88.9 Å². The molecule has 0 radical (unpaired) electrons. The lowest BCUT2D eigenvalue weighted by molar-refractivity contribution is 0.419. The molecule has 0 unspecified atom stereocenters. The zero-order chi connectivity index (χ0) is 10.8. The van der Waals surface area contributed by atoms with Crippen LogP contribution in [0.3, 0.4) is 0 Å². The van der Waals surface area contributed by atoms with Crippen molar-refractivity contribution in [3.05, 3.63) is 35.5 Å². The highest BCUT2D eigenvalue weighted by Crippen LogP contribution is 2.26. The molecule has 15 heavy (non-hydrogen) atoms. The third kappa shape index (κ3) is 1.66. The van der Waals surface area contributed by atoms with Crippen LogP contribution in [-0.2, 0) is 6.54 Å². The van der Waals surface area contributed by atoms with Crippen molar-refractivity contribution in [1.29, 1.82) is 0 Å². The summed E-state index contributed by atoms with van der Waals surface area (Å²) in [5.41, 5.74) is 8.61. The van der Waals surface area contributed by atoms with Crippen LogP contribution in [0.4, 0.5) is 0 Å². The maximum Gasteiger partial charge on any atom is 0.130 e. The fraction of sp³-hybridized carbons (Fsp3) is 0.250. The number of aryl methyl sites for hydroxylation is 1. The molecule has 0 aliphatic heterocycles. The number of aromatic nitrogens is 1. The van der Waals surface area contributed by atoms with E-state index in [1.54, 1.807) is 7.11 Å². The van der Waals surface area contributed by atoms with Gasteiger partial charge in [0.05, 0.1) is 12.6 Å². The number of para-hydroxylation sites is 1. The molecule has 0 spiro atoms. The molecule has 3 heteroatoms. The predicted octanol–water partition coefficient (Wildman–Crippen LogP) is 2.01. The number of pyridine rings is 1. The summed E-state index contributed by atoms with van der Waals surface area (Å²) in [5, 5.41) is 1.02. The van der Waals surface area contributed by atoms with Crippen molar-refractivity contribution < 1.29 is 4.74 Å². The molecule has 1 aromatic carbocycles. The second-order valence-corrected chi connectivity index (χ2v) is 3.48. The molecule has 3 nitrogen and oxygen atoms in total. The van der Waals surface area contributed by atoms with Gasteiger partial charge in [-0.05, 0) is 18.6 Å². The molecule has 0 aliphatic carbocycles. The monoisotopic (exact) mass is 202 g/mol. The Morgan fingerprint density at radius 3 is 2.87 bits per heavy atom. The van der Waals surface area contributed by atoms with Gasteiger partial charge in [-0.3, -0.25) is 4.98 Å². The Morgan fingerprint density at radius 1 is 1.40 bits per heavy atom. The van der Waals surface area contributed by atoms with Crippen LogP contribution in [0.1, 0.15) is 11.3 Å². The molecular formula is C12H14N2O. The van der Waals surface area contributed by atoms with E-state index in [0.29, 0.717) is 6.54 Å². The number of nitrogens with zero attached hydrogens (tertiary/aromatic N) is 1. The van der Waals surface area contributed by atoms with Gasteiger partial charge in [0.2, 0.25) is 0 Å². The summed E-state index contributed by atoms with van der Waals surface area (Å²) in [5.74, 6) is 0.854. The van der Waals surface area contributed by atoms with E-state index in [1.807, 2.05) is 31.2 Å². The standard InChI is InChI=1S/C12H14N2O/c1-8-6-11(15-2)10-5-3-4-9(7-13)12(10)14-8/h3-6H,7,13H2,1-2H3. The van der Waals surface area contributed by atoms with Gasteiger partial charge in [0.25, 0.3) is 0 Å². The van der Waals surface area contributed by atoms with Crippen molar-refractivity contribution >= 4 is 10.9 Å². The normalized spacial score (nSPS) is 10.6. The van der Waals surface area contributed by atoms with E-state index in [9.17, 15) is 0 Å². The summed E-state index contributed by atoms with van der Waals surface area (Å²) in [7, 11) is 1.67. The summed E-state index contributed by atoms with van der Waals surface area (Å²) in [6, 6.07) is 7.90. The molecule has 0 saturated carbocycles. The lowest BCUT2D eigenvalue weighted by Crippen LogP contribution is -2.00. The Kier molecular flexibility index (Phi) is 2.56. The van der Waals surface area contributed by atoms with Gasteiger partial charge in [-0.2, -0.15) is 0 Å². The third-order valence-electron chi connectivity index (χ3n) is 2.45. The van der Waals surface area contributed by atoms with Crippen LogP contribution < -0.4 is 10.5 Å². The van der Waals surface area contributed by atoms with Crippen molar-refractivity contribution in [1.82, 2.24) is 4.98 Å². The zero-order valence-electron chi connectivity index (χ0n) is 8.95. The number of methoxy groups -OCH3 is 1. The summed E-state index contributed by atoms with van der Waals surface area (Å²) in [4.78, 5) is 4.50. The molecule has 0 aliphatic rings. The quantitative estimate of drug-likeness (QED) is 0.810. The maximum absolute atomic E-state index is 5.68. The summed E-state index contributed by atoms with van der Waals surface area (Å²) in [6.07, 6.45) is 0. The average molecular weight is 202 g/mol. The first-order chi connectivity index (χ1) is 7.26. The van der Waals surface area contributed by atoms with E-state index in [0.717, 1.165) is 27.9 Å². The van der Waals surface area contributed by atoms with E-state index in [1.165, 1.54) is 0 Å². The van der Waals surface area contributed by atoms with Gasteiger partial charge in [0.1, 0.15) is 5.75 Å². The third-order valence-corrected chi connectivity index (χ3v) is 2.45. The highest BCUT2D eigenvalue weighted by Gasteiger charge is 2.06. The number of hydrogen-bond acceptors (Lipinski definition) is 3. The number of fused-ring (bicyclic) bond motifs is 1. The van der Waals surface area contributed by atoms with Crippen molar-refractivity contribution in [2.45, 2.75) is 13.5 Å². The van der Waals surface area contributed by atoms with Crippen LogP contribution in [0.15, 0.2) is 24.3 Å². The molecule has 2 rings (SSSR count). The van der Waals surface area contributed by atoms with Crippen LogP contribution in [-0.4, -0.2) is 12.1 Å². The molecule has 0 fully saturated rings. The highest BCUT2D eigenvalue weighted by molar-refractivity contribution is 5.87. The van der Waals surface area contributed by atoms with E-state index in [4.69, 9.17) is 10.5 Å². The second-order valence-electron chi connectivity index (χ2n) is 3.48. The molecule has 0 amide bonds. The Balaban J connectivity index is 2.82. The lowest BCUT2D eigenvalue weighted by Gasteiger charge is -2.09. The second kappa shape index (κ2) is 3.87. The van der Waals surface area contributed by atoms with Crippen LogP contribution in [0.5, 0.6) is 5.75 Å². The molecule has 0 atom stereocenters. The molecule has 0 bridgehead atoms. The minimum Gasteiger partial charge on any atom is -0.496 e. The number of ether oxygens (including phenoxy) is 1. The van der Waals surface area contributed by atoms with E-state index in [2.05, 4.69) is 4.98 Å². The van der Waals surface area contributed by atoms with Crippen LogP contribution in [0.2, 0.25) is 0 Å². The van der Waals surface area contributed by atoms with E-state index in [-0.39, 0.29) is 0 Å². The Morgan fingerprint density at radius 2 is 2.20 bits per heavy atom. The molecular weight excluding hydrogens is 188 g/mol. The first-order valence-corrected chi connectivity index (χ1v) is 4.89. The van der Waals surface area contributed by atoms with Crippen LogP contribution >= 0.6 is 0 Å². The fourth-order valence-corrected chi connectivity index (χ4v) is 1.73. The van der Waals surface area contributed by atoms with Gasteiger partial charge < -0.3 is 10.5 Å². The minimum absolute atomic E-state index is 0.497. The first-order valence-electron chi connectivity index (χ1n) is 4.89. The van der Waals surface area contributed by atoms with Gasteiger partial charge in [0.15, 0.2) is 0 Å². The van der Waals surface area contributed by atoms with Gasteiger partial charge >= 0.3 is 0 Å². The zero-order valence-corrected chi connectivity index (χ0v) is 8.95. The highest BCUT2D eigenvalue weighted by atomic mass is 16.5. The molecule has 1 aromatic heterocycles. The number of hydrogen-bond donors (Lipinski definition) is 1. The van der Waals surface area contributed by atoms with Crippen LogP contribution in [0, 0.1) is 6.92 Å². The Bertz CT molecular complexity index is 494. The number of nitrogens with two attached hydrogens (primary N) is 1. The Hall–Kier alpha value is -1.61. The van der Waals surface area contributed by atoms with Crippen LogP contribution in [0.25, 0.3) is 10.9 Å². The summed E-state index contributed by atoms with van der Waals surface area (Å²) >= 11 is 0. The van der Waals surface area contributed by atoms with E-state index < -0.39 is 0 Å². The van der Waals surface area contributed by atoms with E-state index >= 15 is 0 Å². The molecule has 0 saturated heterocycles. The van der Waals surface area contributed by atoms with Crippen molar-refractivity contribution in [2.75, 3.05) is 7.11 Å².